The molecule has 0 aliphatic heterocycles. The fourth-order valence-corrected chi connectivity index (χ4v) is 1.88. The Morgan fingerprint density at radius 3 is 2.89 bits per heavy atom. The van der Waals surface area contributed by atoms with E-state index in [1.165, 1.54) is 12.1 Å². The smallest absolute Gasteiger partial charge is 0.255 e. The van der Waals surface area contributed by atoms with Crippen LogP contribution in [0.25, 0.3) is 0 Å². The third kappa shape index (κ3) is 2.96. The number of nitrogens with one attached hydrogen (secondary N) is 1. The second kappa shape index (κ2) is 5.32. The number of amides is 1. The summed E-state index contributed by atoms with van der Waals surface area (Å²) >= 11 is 9.02. The van der Waals surface area contributed by atoms with Crippen molar-refractivity contribution in [2.75, 3.05) is 11.1 Å². The molecule has 92 valence electrons. The van der Waals surface area contributed by atoms with Crippen LogP contribution in [0.15, 0.2) is 35.1 Å². The van der Waals surface area contributed by atoms with Crippen LogP contribution in [-0.2, 0) is 0 Å². The summed E-state index contributed by atoms with van der Waals surface area (Å²) in [4.78, 5) is 19.7. The van der Waals surface area contributed by atoms with Crippen LogP contribution in [0.2, 0.25) is 5.15 Å². The van der Waals surface area contributed by atoms with Crippen LogP contribution >= 0.6 is 27.5 Å². The van der Waals surface area contributed by atoms with Crippen molar-refractivity contribution >= 4 is 44.9 Å². The van der Waals surface area contributed by atoms with Gasteiger partial charge in [-0.1, -0.05) is 11.6 Å². The second-order valence-electron chi connectivity index (χ2n) is 3.41. The third-order valence-corrected chi connectivity index (χ3v) is 2.92. The maximum Gasteiger partial charge on any atom is 0.255 e. The van der Waals surface area contributed by atoms with E-state index in [-0.39, 0.29) is 16.9 Å². The highest BCUT2D eigenvalue weighted by atomic mass is 79.9. The first-order valence-electron chi connectivity index (χ1n) is 4.90. The van der Waals surface area contributed by atoms with Gasteiger partial charge >= 0.3 is 0 Å². The lowest BCUT2D eigenvalue weighted by molar-refractivity contribution is 0.102. The lowest BCUT2D eigenvalue weighted by Gasteiger charge is -2.07. The maximum atomic E-state index is 12.0. The molecule has 0 bridgehead atoms. The minimum atomic E-state index is -0.321. The molecule has 7 heteroatoms. The van der Waals surface area contributed by atoms with Gasteiger partial charge in [0, 0.05) is 18.0 Å². The predicted molar refractivity (Wildman–Crippen MR) is 73.5 cm³/mol. The maximum absolute atomic E-state index is 12.0. The van der Waals surface area contributed by atoms with Gasteiger partial charge in [-0.25, -0.2) is 4.98 Å². The van der Waals surface area contributed by atoms with Crippen LogP contribution in [0.1, 0.15) is 10.4 Å². The Hall–Kier alpha value is -1.66. The molecule has 0 aliphatic rings. The predicted octanol–water partition coefficient (Wildman–Crippen LogP) is 2.73. The summed E-state index contributed by atoms with van der Waals surface area (Å²) in [5.74, 6) is -0.126. The van der Waals surface area contributed by atoms with Crippen LogP contribution in [0, 0.1) is 0 Å². The number of hydrogen-bond acceptors (Lipinski definition) is 4. The van der Waals surface area contributed by atoms with Crippen molar-refractivity contribution in [3.05, 3.63) is 45.8 Å². The molecule has 0 aromatic carbocycles. The highest BCUT2D eigenvalue weighted by Gasteiger charge is 2.10. The molecular weight excluding hydrogens is 320 g/mol. The first-order valence-corrected chi connectivity index (χ1v) is 6.07. The van der Waals surface area contributed by atoms with Crippen LogP contribution in [0.4, 0.5) is 11.5 Å². The molecule has 2 heterocycles. The molecule has 0 unspecified atom stereocenters. The van der Waals surface area contributed by atoms with Gasteiger partial charge < -0.3 is 11.1 Å². The van der Waals surface area contributed by atoms with Crippen molar-refractivity contribution < 1.29 is 4.79 Å². The zero-order chi connectivity index (χ0) is 13.1. The molecule has 0 fully saturated rings. The molecule has 0 aliphatic carbocycles. The monoisotopic (exact) mass is 326 g/mol. The molecule has 18 heavy (non-hydrogen) atoms. The molecule has 3 N–H and O–H groups in total. The van der Waals surface area contributed by atoms with E-state index >= 15 is 0 Å². The Morgan fingerprint density at radius 2 is 2.22 bits per heavy atom. The van der Waals surface area contributed by atoms with E-state index in [4.69, 9.17) is 17.3 Å². The van der Waals surface area contributed by atoms with Gasteiger partial charge in [-0.2, -0.15) is 0 Å². The lowest BCUT2D eigenvalue weighted by Crippen LogP contribution is -2.13. The summed E-state index contributed by atoms with van der Waals surface area (Å²) in [6.45, 7) is 0. The number of rotatable bonds is 2. The van der Waals surface area contributed by atoms with Gasteiger partial charge in [0.15, 0.2) is 0 Å². The standard InChI is InChI=1S/C11H8BrClN4O/c12-7-5-15-2-1-8(7)16-11(18)6-3-9(13)17-10(14)4-6/h1-5H,(H2,14,17)(H,15,16,18). The van der Waals surface area contributed by atoms with Gasteiger partial charge in [0.25, 0.3) is 5.91 Å². The minimum Gasteiger partial charge on any atom is -0.384 e. The zero-order valence-corrected chi connectivity index (χ0v) is 11.4. The molecule has 5 nitrogen and oxygen atoms in total. The molecule has 1 amide bonds. The summed E-state index contributed by atoms with van der Waals surface area (Å²) in [5, 5.41) is 2.89. The second-order valence-corrected chi connectivity index (χ2v) is 4.65. The molecule has 0 atom stereocenters. The Balaban J connectivity index is 2.25. The molecule has 0 spiro atoms. The first-order chi connectivity index (χ1) is 8.56. The molecule has 0 radical (unpaired) electrons. The van der Waals surface area contributed by atoms with E-state index in [9.17, 15) is 4.79 Å². The fourth-order valence-electron chi connectivity index (χ4n) is 1.32. The van der Waals surface area contributed by atoms with E-state index in [0.29, 0.717) is 15.7 Å². The molecule has 2 aromatic rings. The van der Waals surface area contributed by atoms with Crippen molar-refractivity contribution in [1.29, 1.82) is 0 Å². The van der Waals surface area contributed by atoms with E-state index in [2.05, 4.69) is 31.2 Å². The number of carbonyl (C=O) groups excluding carboxylic acids is 1. The molecule has 0 saturated heterocycles. The largest absolute Gasteiger partial charge is 0.384 e. The quantitative estimate of drug-likeness (QED) is 0.831. The summed E-state index contributed by atoms with van der Waals surface area (Å²) in [6.07, 6.45) is 3.16. The van der Waals surface area contributed by atoms with Crippen molar-refractivity contribution in [3.63, 3.8) is 0 Å². The minimum absolute atomic E-state index is 0.175. The number of hydrogen-bond donors (Lipinski definition) is 2. The Labute approximate surface area is 117 Å². The van der Waals surface area contributed by atoms with E-state index < -0.39 is 0 Å². The van der Waals surface area contributed by atoms with Gasteiger partial charge in [-0.05, 0) is 34.1 Å². The normalized spacial score (nSPS) is 10.1. The SMILES string of the molecule is Nc1cc(C(=O)Nc2ccncc2Br)cc(Cl)n1. The van der Waals surface area contributed by atoms with Crippen molar-refractivity contribution in [2.24, 2.45) is 0 Å². The number of halogens is 2. The topological polar surface area (TPSA) is 80.9 Å². The van der Waals surface area contributed by atoms with Gasteiger partial charge in [0.2, 0.25) is 0 Å². The summed E-state index contributed by atoms with van der Waals surface area (Å²) < 4.78 is 0.687. The molecule has 2 aromatic heterocycles. The fraction of sp³-hybridized carbons (Fsp3) is 0. The van der Waals surface area contributed by atoms with Crippen molar-refractivity contribution in [1.82, 2.24) is 9.97 Å². The number of nitrogens with zero attached hydrogens (tertiary/aromatic N) is 2. The van der Waals surface area contributed by atoms with E-state index in [1.54, 1.807) is 18.5 Å². The summed E-state index contributed by atoms with van der Waals surface area (Å²) in [7, 11) is 0. The molecular formula is C11H8BrClN4O. The number of anilines is 2. The third-order valence-electron chi connectivity index (χ3n) is 2.10. The first kappa shape index (κ1) is 12.8. The Kier molecular flexibility index (Phi) is 3.78. The Morgan fingerprint density at radius 1 is 1.44 bits per heavy atom. The summed E-state index contributed by atoms with van der Waals surface area (Å²) in [5.41, 5.74) is 6.48. The van der Waals surface area contributed by atoms with Crippen molar-refractivity contribution in [2.45, 2.75) is 0 Å². The Bertz CT molecular complexity index is 585. The summed E-state index contributed by atoms with van der Waals surface area (Å²) in [6, 6.07) is 4.58. The highest BCUT2D eigenvalue weighted by molar-refractivity contribution is 9.10. The zero-order valence-electron chi connectivity index (χ0n) is 9.02. The number of carbonyl (C=O) groups is 1. The van der Waals surface area contributed by atoms with Gasteiger partial charge in [0.05, 0.1) is 10.2 Å². The van der Waals surface area contributed by atoms with Crippen molar-refractivity contribution in [3.8, 4) is 0 Å². The average Bonchev–Trinajstić information content (AvgIpc) is 2.31. The van der Waals surface area contributed by atoms with Crippen LogP contribution in [0.5, 0.6) is 0 Å². The average molecular weight is 328 g/mol. The number of pyridine rings is 2. The van der Waals surface area contributed by atoms with E-state index in [1.807, 2.05) is 0 Å². The number of aromatic nitrogens is 2. The number of nitrogens with two attached hydrogens (primary N) is 1. The number of nitrogen functional groups attached to an aromatic ring is 1. The lowest BCUT2D eigenvalue weighted by atomic mass is 10.2. The van der Waals surface area contributed by atoms with Gasteiger partial charge in [0.1, 0.15) is 11.0 Å². The van der Waals surface area contributed by atoms with Crippen LogP contribution < -0.4 is 11.1 Å². The van der Waals surface area contributed by atoms with Crippen LogP contribution in [-0.4, -0.2) is 15.9 Å². The van der Waals surface area contributed by atoms with Crippen LogP contribution in [0.3, 0.4) is 0 Å². The highest BCUT2D eigenvalue weighted by Crippen LogP contribution is 2.21. The molecule has 2 rings (SSSR count). The molecule has 0 saturated carbocycles. The van der Waals surface area contributed by atoms with Gasteiger partial charge in [-0.3, -0.25) is 9.78 Å². The van der Waals surface area contributed by atoms with E-state index in [0.717, 1.165) is 0 Å². The van der Waals surface area contributed by atoms with Gasteiger partial charge in [-0.15, -0.1) is 0 Å².